The highest BCUT2D eigenvalue weighted by Gasteiger charge is 2.15. The van der Waals surface area contributed by atoms with Crippen LogP contribution in [0.15, 0.2) is 18.2 Å². The van der Waals surface area contributed by atoms with Gasteiger partial charge in [0.1, 0.15) is 6.61 Å². The van der Waals surface area contributed by atoms with Crippen molar-refractivity contribution in [2.45, 2.75) is 20.0 Å². The van der Waals surface area contributed by atoms with Gasteiger partial charge >= 0.3 is 0 Å². The monoisotopic (exact) mass is 283 g/mol. The molecule has 0 saturated carbocycles. The van der Waals surface area contributed by atoms with Gasteiger partial charge in [0.05, 0.1) is 22.1 Å². The van der Waals surface area contributed by atoms with Gasteiger partial charge in [0.25, 0.3) is 0 Å². The third-order valence-electron chi connectivity index (χ3n) is 2.85. The molecule has 19 heavy (non-hydrogen) atoms. The molecule has 102 valence electrons. The lowest BCUT2D eigenvalue weighted by Crippen LogP contribution is -2.06. The molecule has 0 aliphatic rings. The molecule has 0 fully saturated rings. The van der Waals surface area contributed by atoms with E-state index >= 15 is 0 Å². The number of halogens is 2. The largest absolute Gasteiger partial charge is 0.482 e. The Hall–Kier alpha value is -1.75. The molecule has 0 radical (unpaired) electrons. The number of aryl methyl sites for hydroxylation is 2. The molecule has 1 heterocycles. The van der Waals surface area contributed by atoms with E-state index < -0.39 is 5.82 Å². The van der Waals surface area contributed by atoms with Gasteiger partial charge < -0.3 is 10.5 Å². The first-order valence-corrected chi connectivity index (χ1v) is 6.29. The molecule has 0 aliphatic heterocycles. The van der Waals surface area contributed by atoms with Crippen LogP contribution in [0.5, 0.6) is 5.75 Å². The van der Waals surface area contributed by atoms with E-state index in [9.17, 15) is 4.39 Å². The predicted octanol–water partition coefficient (Wildman–Crippen LogP) is 2.94. The van der Waals surface area contributed by atoms with Crippen molar-refractivity contribution in [1.82, 2.24) is 9.78 Å². The third-order valence-corrected chi connectivity index (χ3v) is 3.29. The molecule has 1 aromatic heterocycles. The maximum absolute atomic E-state index is 13.6. The molecule has 2 aromatic rings. The van der Waals surface area contributed by atoms with Crippen LogP contribution in [0.2, 0.25) is 5.02 Å². The fourth-order valence-electron chi connectivity index (χ4n) is 1.79. The second kappa shape index (κ2) is 5.48. The molecule has 6 heteroatoms. The summed E-state index contributed by atoms with van der Waals surface area (Å²) in [6.45, 7) is 2.08. The number of benzene rings is 1. The fraction of sp³-hybridized carbons (Fsp3) is 0.308. The summed E-state index contributed by atoms with van der Waals surface area (Å²) in [6, 6.07) is 4.42. The van der Waals surface area contributed by atoms with E-state index in [0.717, 1.165) is 12.1 Å². The van der Waals surface area contributed by atoms with Crippen molar-refractivity contribution >= 4 is 17.3 Å². The van der Waals surface area contributed by atoms with Gasteiger partial charge in [-0.15, -0.1) is 0 Å². The van der Waals surface area contributed by atoms with Crippen molar-refractivity contribution in [3.8, 4) is 5.75 Å². The van der Waals surface area contributed by atoms with Gasteiger partial charge in [-0.05, 0) is 18.6 Å². The number of anilines is 1. The van der Waals surface area contributed by atoms with Gasteiger partial charge in [0, 0.05) is 7.05 Å². The second-order valence-corrected chi connectivity index (χ2v) is 4.51. The summed E-state index contributed by atoms with van der Waals surface area (Å²) in [7, 11) is 1.77. The van der Waals surface area contributed by atoms with E-state index in [4.69, 9.17) is 22.1 Å². The second-order valence-electron chi connectivity index (χ2n) is 4.13. The molecule has 0 amide bonds. The summed E-state index contributed by atoms with van der Waals surface area (Å²) in [4.78, 5) is 0. The molecule has 0 atom stereocenters. The van der Waals surface area contributed by atoms with Gasteiger partial charge in [-0.25, -0.2) is 4.39 Å². The summed E-state index contributed by atoms with van der Waals surface area (Å²) in [5, 5.41) is 4.82. The normalized spacial score (nSPS) is 10.7. The molecular formula is C13H15ClFN3O. The Kier molecular flexibility index (Phi) is 3.95. The van der Waals surface area contributed by atoms with E-state index in [1.54, 1.807) is 17.8 Å². The number of para-hydroxylation sites is 1. The lowest BCUT2D eigenvalue weighted by molar-refractivity contribution is 0.282. The summed E-state index contributed by atoms with van der Waals surface area (Å²) < 4.78 is 20.6. The Labute approximate surface area is 115 Å². The highest BCUT2D eigenvalue weighted by molar-refractivity contribution is 6.31. The minimum atomic E-state index is -0.492. The first-order valence-electron chi connectivity index (χ1n) is 5.91. The minimum absolute atomic E-state index is 0.0396. The standard InChI is InChI=1S/C13H15ClFN3O/c1-3-10-12(14)11(18(2)17-10)7-19-13-8(15)5-4-6-9(13)16/h4-6H,3,7,16H2,1-2H3. The van der Waals surface area contributed by atoms with Gasteiger partial charge in [-0.1, -0.05) is 24.6 Å². The van der Waals surface area contributed by atoms with Crippen LogP contribution >= 0.6 is 11.6 Å². The van der Waals surface area contributed by atoms with Crippen LogP contribution in [0.3, 0.4) is 0 Å². The van der Waals surface area contributed by atoms with E-state index in [1.807, 2.05) is 6.92 Å². The van der Waals surface area contributed by atoms with E-state index in [0.29, 0.717) is 10.7 Å². The van der Waals surface area contributed by atoms with Crippen molar-refractivity contribution in [2.24, 2.45) is 7.05 Å². The number of hydrogen-bond donors (Lipinski definition) is 1. The van der Waals surface area contributed by atoms with Crippen LogP contribution < -0.4 is 10.5 Å². The minimum Gasteiger partial charge on any atom is -0.482 e. The van der Waals surface area contributed by atoms with Gasteiger partial charge in [-0.3, -0.25) is 4.68 Å². The maximum atomic E-state index is 13.6. The molecule has 1 aromatic carbocycles. The summed E-state index contributed by atoms with van der Waals surface area (Å²) in [5.74, 6) is -0.452. The number of ether oxygens (including phenoxy) is 1. The lowest BCUT2D eigenvalue weighted by Gasteiger charge is -2.10. The number of aromatic nitrogens is 2. The third kappa shape index (κ3) is 2.66. The van der Waals surface area contributed by atoms with E-state index in [1.165, 1.54) is 12.1 Å². The Morgan fingerprint density at radius 3 is 2.79 bits per heavy atom. The molecule has 0 unspecified atom stereocenters. The van der Waals surface area contributed by atoms with Gasteiger partial charge in [0.15, 0.2) is 11.6 Å². The Balaban J connectivity index is 2.22. The summed E-state index contributed by atoms with van der Waals surface area (Å²) >= 11 is 6.19. The van der Waals surface area contributed by atoms with Crippen molar-refractivity contribution in [2.75, 3.05) is 5.73 Å². The number of nitrogens with zero attached hydrogens (tertiary/aromatic N) is 2. The summed E-state index contributed by atoms with van der Waals surface area (Å²) in [5.41, 5.74) is 7.42. The Morgan fingerprint density at radius 1 is 1.47 bits per heavy atom. The number of hydrogen-bond acceptors (Lipinski definition) is 3. The zero-order valence-electron chi connectivity index (χ0n) is 10.8. The van der Waals surface area contributed by atoms with Crippen molar-refractivity contribution in [3.05, 3.63) is 40.4 Å². The van der Waals surface area contributed by atoms with Crippen LogP contribution in [0.4, 0.5) is 10.1 Å². The first-order chi connectivity index (χ1) is 9.04. The highest BCUT2D eigenvalue weighted by Crippen LogP contribution is 2.27. The first kappa shape index (κ1) is 13.7. The van der Waals surface area contributed by atoms with Crippen LogP contribution in [0, 0.1) is 5.82 Å². The zero-order chi connectivity index (χ0) is 14.0. The van der Waals surface area contributed by atoms with Gasteiger partial charge in [0.2, 0.25) is 0 Å². The average Bonchev–Trinajstić information content (AvgIpc) is 2.65. The van der Waals surface area contributed by atoms with Gasteiger partial charge in [-0.2, -0.15) is 5.10 Å². The van der Waals surface area contributed by atoms with Crippen LogP contribution in [-0.4, -0.2) is 9.78 Å². The fourth-order valence-corrected chi connectivity index (χ4v) is 2.14. The Bertz CT molecular complexity index is 578. The molecule has 2 rings (SSSR count). The average molecular weight is 284 g/mol. The molecule has 0 bridgehead atoms. The quantitative estimate of drug-likeness (QED) is 0.878. The molecule has 4 nitrogen and oxygen atoms in total. The van der Waals surface area contributed by atoms with E-state index in [-0.39, 0.29) is 18.0 Å². The van der Waals surface area contributed by atoms with Crippen molar-refractivity contribution in [1.29, 1.82) is 0 Å². The van der Waals surface area contributed by atoms with Crippen molar-refractivity contribution < 1.29 is 9.13 Å². The molecule has 2 N–H and O–H groups in total. The summed E-state index contributed by atoms with van der Waals surface area (Å²) in [6.07, 6.45) is 0.731. The van der Waals surface area contributed by atoms with Crippen LogP contribution in [0.1, 0.15) is 18.3 Å². The number of rotatable bonds is 4. The molecular weight excluding hydrogens is 269 g/mol. The molecule has 0 aliphatic carbocycles. The topological polar surface area (TPSA) is 53.1 Å². The lowest BCUT2D eigenvalue weighted by atomic mass is 10.3. The maximum Gasteiger partial charge on any atom is 0.178 e. The highest BCUT2D eigenvalue weighted by atomic mass is 35.5. The predicted molar refractivity (Wildman–Crippen MR) is 72.7 cm³/mol. The van der Waals surface area contributed by atoms with Crippen LogP contribution in [0.25, 0.3) is 0 Å². The number of nitrogen functional groups attached to an aromatic ring is 1. The smallest absolute Gasteiger partial charge is 0.178 e. The van der Waals surface area contributed by atoms with E-state index in [2.05, 4.69) is 5.10 Å². The number of nitrogens with two attached hydrogens (primary N) is 1. The van der Waals surface area contributed by atoms with Crippen LogP contribution in [-0.2, 0) is 20.1 Å². The zero-order valence-corrected chi connectivity index (χ0v) is 11.5. The Morgan fingerprint density at radius 2 is 2.21 bits per heavy atom. The van der Waals surface area contributed by atoms with Crippen molar-refractivity contribution in [3.63, 3.8) is 0 Å². The SMILES string of the molecule is CCc1nn(C)c(COc2c(N)cccc2F)c1Cl. The molecule has 0 spiro atoms. The molecule has 0 saturated heterocycles.